The molecule has 1 aliphatic carbocycles. The lowest BCUT2D eigenvalue weighted by atomic mass is 10.0. The number of hydrogen-bond donors (Lipinski definition) is 1. The van der Waals surface area contributed by atoms with Gasteiger partial charge in [0.2, 0.25) is 0 Å². The van der Waals surface area contributed by atoms with Gasteiger partial charge in [-0.2, -0.15) is 0 Å². The number of nitrogens with two attached hydrogens (primary N) is 1. The van der Waals surface area contributed by atoms with E-state index in [2.05, 4.69) is 44.5 Å². The fourth-order valence-corrected chi connectivity index (χ4v) is 2.71. The minimum Gasteiger partial charge on any atom is -0.384 e. The summed E-state index contributed by atoms with van der Waals surface area (Å²) in [5, 5.41) is 0. The molecule has 1 saturated heterocycles. The van der Waals surface area contributed by atoms with Gasteiger partial charge in [0.05, 0.1) is 0 Å². The fraction of sp³-hybridized carbons (Fsp3) is 0.821. The predicted octanol–water partition coefficient (Wildman–Crippen LogP) is 9.87. The van der Waals surface area contributed by atoms with Gasteiger partial charge in [-0.25, -0.2) is 4.98 Å². The molecule has 0 spiro atoms. The number of likely N-dealkylation sites (tertiary alicyclic amines) is 1. The molecular formula is C28H65N3. The molecule has 0 aromatic carbocycles. The Labute approximate surface area is 200 Å². The third-order valence-electron chi connectivity index (χ3n) is 4.08. The molecule has 1 saturated carbocycles. The Morgan fingerprint density at radius 3 is 1.23 bits per heavy atom. The number of rotatable bonds is 1. The Bertz CT molecular complexity index is 331. The Morgan fingerprint density at radius 1 is 0.677 bits per heavy atom. The first-order chi connectivity index (χ1) is 13.2. The summed E-state index contributed by atoms with van der Waals surface area (Å²) in [6.07, 6.45) is 17.5. The average Bonchev–Trinajstić information content (AvgIpc) is 2.73. The van der Waals surface area contributed by atoms with Crippen LogP contribution in [0.4, 0.5) is 5.82 Å². The van der Waals surface area contributed by atoms with Gasteiger partial charge in [0.1, 0.15) is 5.82 Å². The maximum absolute atomic E-state index is 5.25. The van der Waals surface area contributed by atoms with Crippen molar-refractivity contribution in [2.75, 3.05) is 25.4 Å². The SMILES string of the molecule is C.C.C.C.C1CCCCC1.CCC.CCC.CCN1CCCCC1.Nc1ccccn1. The van der Waals surface area contributed by atoms with Crippen molar-refractivity contribution >= 4 is 5.82 Å². The zero-order valence-corrected chi connectivity index (χ0v) is 19.2. The Morgan fingerprint density at radius 2 is 1.03 bits per heavy atom. The molecule has 0 radical (unpaired) electrons. The maximum Gasteiger partial charge on any atom is 0.123 e. The highest BCUT2D eigenvalue weighted by atomic mass is 15.1. The Balaban J connectivity index is -0.0000000639. The summed E-state index contributed by atoms with van der Waals surface area (Å²) in [6.45, 7) is 14.7. The minimum atomic E-state index is 0. The van der Waals surface area contributed by atoms with Crippen molar-refractivity contribution in [1.29, 1.82) is 0 Å². The van der Waals surface area contributed by atoms with Crippen molar-refractivity contribution in [2.45, 2.75) is 135 Å². The fourth-order valence-electron chi connectivity index (χ4n) is 2.71. The van der Waals surface area contributed by atoms with Crippen molar-refractivity contribution in [1.82, 2.24) is 9.88 Å². The lowest BCUT2D eigenvalue weighted by Crippen LogP contribution is -2.29. The maximum atomic E-state index is 5.25. The second-order valence-corrected chi connectivity index (χ2v) is 7.29. The van der Waals surface area contributed by atoms with E-state index in [0.717, 1.165) is 0 Å². The topological polar surface area (TPSA) is 42.1 Å². The lowest BCUT2D eigenvalue weighted by Gasteiger charge is -2.24. The van der Waals surface area contributed by atoms with Gasteiger partial charge in [0.15, 0.2) is 0 Å². The van der Waals surface area contributed by atoms with Crippen molar-refractivity contribution in [3.05, 3.63) is 24.4 Å². The zero-order chi connectivity index (χ0) is 20.6. The summed E-state index contributed by atoms with van der Waals surface area (Å²) in [5.41, 5.74) is 5.25. The van der Waals surface area contributed by atoms with Crippen LogP contribution in [0.3, 0.4) is 0 Å². The van der Waals surface area contributed by atoms with Crippen molar-refractivity contribution < 1.29 is 0 Å². The normalized spacial score (nSPS) is 13.8. The van der Waals surface area contributed by atoms with Crippen molar-refractivity contribution in [3.8, 4) is 0 Å². The number of pyridine rings is 1. The van der Waals surface area contributed by atoms with Crippen LogP contribution in [-0.4, -0.2) is 29.5 Å². The van der Waals surface area contributed by atoms with Gasteiger partial charge in [0.25, 0.3) is 0 Å². The van der Waals surface area contributed by atoms with Crippen LogP contribution < -0.4 is 5.73 Å². The summed E-state index contributed by atoms with van der Waals surface area (Å²) in [6, 6.07) is 5.43. The number of aromatic nitrogens is 1. The van der Waals surface area contributed by atoms with E-state index in [1.807, 2.05) is 12.1 Å². The van der Waals surface area contributed by atoms with Gasteiger partial charge in [-0.1, -0.05) is 128 Å². The predicted molar refractivity (Wildman–Crippen MR) is 151 cm³/mol. The quantitative estimate of drug-likeness (QED) is 0.469. The van der Waals surface area contributed by atoms with Gasteiger partial charge in [-0.05, 0) is 44.6 Å². The highest BCUT2D eigenvalue weighted by molar-refractivity contribution is 5.25. The lowest BCUT2D eigenvalue weighted by molar-refractivity contribution is 0.240. The molecule has 0 atom stereocenters. The van der Waals surface area contributed by atoms with Crippen LogP contribution in [0.15, 0.2) is 24.4 Å². The largest absolute Gasteiger partial charge is 0.384 e. The van der Waals surface area contributed by atoms with Gasteiger partial charge >= 0.3 is 0 Å². The second-order valence-electron chi connectivity index (χ2n) is 7.29. The van der Waals surface area contributed by atoms with Crippen LogP contribution in [0.25, 0.3) is 0 Å². The zero-order valence-electron chi connectivity index (χ0n) is 19.2. The summed E-state index contributed by atoms with van der Waals surface area (Å²) in [7, 11) is 0. The summed E-state index contributed by atoms with van der Waals surface area (Å²) in [4.78, 5) is 6.27. The van der Waals surface area contributed by atoms with E-state index >= 15 is 0 Å². The molecule has 2 fully saturated rings. The summed E-state index contributed by atoms with van der Waals surface area (Å²) >= 11 is 0. The molecule has 3 heteroatoms. The van der Waals surface area contributed by atoms with Crippen LogP contribution in [0.1, 0.15) is 135 Å². The molecule has 3 rings (SSSR count). The molecule has 2 heterocycles. The minimum absolute atomic E-state index is 0. The molecule has 2 N–H and O–H groups in total. The molecule has 2 aliphatic rings. The van der Waals surface area contributed by atoms with E-state index in [1.54, 1.807) is 12.3 Å². The van der Waals surface area contributed by atoms with Crippen LogP contribution in [0, 0.1) is 0 Å². The molecule has 31 heavy (non-hydrogen) atoms. The van der Waals surface area contributed by atoms with Gasteiger partial charge in [-0.15, -0.1) is 0 Å². The number of piperidine rings is 1. The highest BCUT2D eigenvalue weighted by Crippen LogP contribution is 2.15. The van der Waals surface area contributed by atoms with Gasteiger partial charge in [0, 0.05) is 6.20 Å². The first-order valence-electron chi connectivity index (χ1n) is 11.5. The van der Waals surface area contributed by atoms with Crippen molar-refractivity contribution in [3.63, 3.8) is 0 Å². The molecular weight excluding hydrogens is 378 g/mol. The molecule has 1 aromatic heterocycles. The van der Waals surface area contributed by atoms with Crippen LogP contribution in [-0.2, 0) is 0 Å². The Kier molecular flexibility index (Phi) is 55.6. The van der Waals surface area contributed by atoms with Crippen LogP contribution >= 0.6 is 0 Å². The van der Waals surface area contributed by atoms with Crippen molar-refractivity contribution in [2.24, 2.45) is 0 Å². The average molecular weight is 444 g/mol. The molecule has 192 valence electrons. The van der Waals surface area contributed by atoms with Gasteiger partial charge in [-0.3, -0.25) is 0 Å². The van der Waals surface area contributed by atoms with E-state index in [1.165, 1.54) is 90.3 Å². The van der Waals surface area contributed by atoms with E-state index in [0.29, 0.717) is 5.82 Å². The summed E-state index contributed by atoms with van der Waals surface area (Å²) < 4.78 is 0. The molecule has 0 amide bonds. The van der Waals surface area contributed by atoms with Gasteiger partial charge < -0.3 is 10.6 Å². The number of nitrogen functional groups attached to an aromatic ring is 1. The van der Waals surface area contributed by atoms with E-state index < -0.39 is 0 Å². The smallest absolute Gasteiger partial charge is 0.123 e. The first kappa shape index (κ1) is 43.7. The van der Waals surface area contributed by atoms with Crippen LogP contribution in [0.2, 0.25) is 0 Å². The number of anilines is 1. The molecule has 3 nitrogen and oxygen atoms in total. The van der Waals surface area contributed by atoms with E-state index in [-0.39, 0.29) is 29.7 Å². The third-order valence-corrected chi connectivity index (χ3v) is 4.08. The highest BCUT2D eigenvalue weighted by Gasteiger charge is 2.05. The number of hydrogen-bond acceptors (Lipinski definition) is 3. The molecule has 0 bridgehead atoms. The van der Waals surface area contributed by atoms with E-state index in [4.69, 9.17) is 5.73 Å². The first-order valence-corrected chi connectivity index (χ1v) is 11.5. The monoisotopic (exact) mass is 444 g/mol. The third kappa shape index (κ3) is 39.9. The Hall–Kier alpha value is -1.09. The second kappa shape index (κ2) is 39.4. The molecule has 0 unspecified atom stereocenters. The number of nitrogens with zero attached hydrogens (tertiary/aromatic N) is 2. The summed E-state index contributed by atoms with van der Waals surface area (Å²) in [5.74, 6) is 0.572. The molecule has 1 aromatic rings. The van der Waals surface area contributed by atoms with E-state index in [9.17, 15) is 0 Å². The molecule has 1 aliphatic heterocycles. The standard InChI is InChI=1S/C7H15N.C6H12.C5H6N2.2C3H8.4CH4/c1-2-8-6-4-3-5-7-8;1-2-4-6-5-3-1;6-5-3-1-2-4-7-5;2*1-3-2;;;;/h2-7H2,1H3;1-6H2;1-4H,(H2,6,7);2*3H2,1-2H3;4*1H4. The van der Waals surface area contributed by atoms with Crippen LogP contribution in [0.5, 0.6) is 0 Å².